The molecule has 4 heteroatoms. The molecular weight excluding hydrogens is 264 g/mol. The highest BCUT2D eigenvalue weighted by molar-refractivity contribution is 5.61. The number of ether oxygens (including phenoxy) is 1. The quantitative estimate of drug-likeness (QED) is 0.726. The van der Waals surface area contributed by atoms with E-state index in [-0.39, 0.29) is 0 Å². The molecule has 2 aromatic carbocycles. The molecule has 3 aromatic rings. The molecule has 0 saturated carbocycles. The number of nitrogens with zero attached hydrogens (tertiary/aromatic N) is 2. The summed E-state index contributed by atoms with van der Waals surface area (Å²) in [6.45, 7) is 4.11. The van der Waals surface area contributed by atoms with Crippen molar-refractivity contribution in [3.8, 4) is 28.6 Å². The van der Waals surface area contributed by atoms with Crippen LogP contribution in [0, 0.1) is 13.8 Å². The fourth-order valence-corrected chi connectivity index (χ4v) is 2.30. The molecule has 0 unspecified atom stereocenters. The van der Waals surface area contributed by atoms with Crippen molar-refractivity contribution in [2.75, 3.05) is 7.11 Å². The van der Waals surface area contributed by atoms with Crippen molar-refractivity contribution < 1.29 is 9.26 Å². The summed E-state index contributed by atoms with van der Waals surface area (Å²) in [4.78, 5) is 4.47. The van der Waals surface area contributed by atoms with Gasteiger partial charge in [0.1, 0.15) is 5.75 Å². The van der Waals surface area contributed by atoms with Gasteiger partial charge in [0, 0.05) is 11.1 Å². The summed E-state index contributed by atoms with van der Waals surface area (Å²) in [6, 6.07) is 13.8. The van der Waals surface area contributed by atoms with E-state index in [1.54, 1.807) is 7.11 Å². The molecular formula is C17H16N2O2. The van der Waals surface area contributed by atoms with Gasteiger partial charge in [0.15, 0.2) is 0 Å². The predicted octanol–water partition coefficient (Wildman–Crippen LogP) is 4.03. The summed E-state index contributed by atoms with van der Waals surface area (Å²) in [5.41, 5.74) is 4.19. The highest BCUT2D eigenvalue weighted by Gasteiger charge is 2.11. The van der Waals surface area contributed by atoms with Crippen LogP contribution in [0.5, 0.6) is 5.75 Å². The molecule has 1 heterocycles. The number of aromatic nitrogens is 2. The first kappa shape index (κ1) is 13.4. The second-order valence-electron chi connectivity index (χ2n) is 5.03. The molecule has 0 fully saturated rings. The minimum atomic E-state index is 0.535. The number of methoxy groups -OCH3 is 1. The molecule has 0 bridgehead atoms. The van der Waals surface area contributed by atoms with Gasteiger partial charge in [-0.2, -0.15) is 4.98 Å². The van der Waals surface area contributed by atoms with Crippen LogP contribution in [0.3, 0.4) is 0 Å². The van der Waals surface area contributed by atoms with Crippen molar-refractivity contribution >= 4 is 0 Å². The standard InChI is InChI=1S/C17H16N2O2/c1-11-8-12(2)10-14(9-11)17-18-16(19-21-17)13-4-6-15(20-3)7-5-13/h4-10H,1-3H3. The van der Waals surface area contributed by atoms with Gasteiger partial charge in [-0.05, 0) is 50.2 Å². The topological polar surface area (TPSA) is 48.2 Å². The van der Waals surface area contributed by atoms with E-state index < -0.39 is 0 Å². The van der Waals surface area contributed by atoms with Crippen LogP contribution in [0.1, 0.15) is 11.1 Å². The van der Waals surface area contributed by atoms with E-state index >= 15 is 0 Å². The van der Waals surface area contributed by atoms with Gasteiger partial charge in [0.2, 0.25) is 5.82 Å². The number of rotatable bonds is 3. The Morgan fingerprint density at radius 2 is 1.57 bits per heavy atom. The maximum absolute atomic E-state index is 5.38. The zero-order valence-corrected chi connectivity index (χ0v) is 12.3. The molecule has 0 atom stereocenters. The van der Waals surface area contributed by atoms with Crippen molar-refractivity contribution in [2.45, 2.75) is 13.8 Å². The third-order valence-corrected chi connectivity index (χ3v) is 3.24. The van der Waals surface area contributed by atoms with Gasteiger partial charge in [0.05, 0.1) is 7.11 Å². The van der Waals surface area contributed by atoms with Gasteiger partial charge in [-0.1, -0.05) is 22.3 Å². The van der Waals surface area contributed by atoms with Gasteiger partial charge in [-0.3, -0.25) is 0 Å². The summed E-state index contributed by atoms with van der Waals surface area (Å²) in [6.07, 6.45) is 0. The van der Waals surface area contributed by atoms with Gasteiger partial charge in [-0.25, -0.2) is 0 Å². The molecule has 3 rings (SSSR count). The lowest BCUT2D eigenvalue weighted by Crippen LogP contribution is -1.85. The summed E-state index contributed by atoms with van der Waals surface area (Å²) in [7, 11) is 1.64. The second kappa shape index (κ2) is 5.40. The van der Waals surface area contributed by atoms with E-state index in [0.29, 0.717) is 11.7 Å². The first-order valence-electron chi connectivity index (χ1n) is 6.72. The van der Waals surface area contributed by atoms with Crippen molar-refractivity contribution in [3.05, 3.63) is 53.6 Å². The lowest BCUT2D eigenvalue weighted by molar-refractivity contribution is 0.415. The van der Waals surface area contributed by atoms with Crippen molar-refractivity contribution in [1.29, 1.82) is 0 Å². The van der Waals surface area contributed by atoms with Crippen molar-refractivity contribution in [2.24, 2.45) is 0 Å². The highest BCUT2D eigenvalue weighted by Crippen LogP contribution is 2.25. The molecule has 0 radical (unpaired) electrons. The van der Waals surface area contributed by atoms with Crippen LogP contribution in [0.25, 0.3) is 22.8 Å². The van der Waals surface area contributed by atoms with Gasteiger partial charge in [-0.15, -0.1) is 0 Å². The number of hydrogen-bond acceptors (Lipinski definition) is 4. The largest absolute Gasteiger partial charge is 0.497 e. The van der Waals surface area contributed by atoms with Crippen molar-refractivity contribution in [3.63, 3.8) is 0 Å². The van der Waals surface area contributed by atoms with Gasteiger partial charge >= 0.3 is 0 Å². The SMILES string of the molecule is COc1ccc(-c2noc(-c3cc(C)cc(C)c3)n2)cc1. The van der Waals surface area contributed by atoms with E-state index in [1.807, 2.05) is 36.4 Å². The van der Waals surface area contributed by atoms with Crippen LogP contribution in [0.4, 0.5) is 0 Å². The summed E-state index contributed by atoms with van der Waals surface area (Å²) in [5.74, 6) is 1.91. The normalized spacial score (nSPS) is 10.6. The Labute approximate surface area is 123 Å². The maximum atomic E-state index is 5.38. The van der Waals surface area contributed by atoms with E-state index in [0.717, 1.165) is 16.9 Å². The molecule has 0 aliphatic carbocycles. The fourth-order valence-electron chi connectivity index (χ4n) is 2.30. The summed E-state index contributed by atoms with van der Waals surface area (Å²) >= 11 is 0. The Bertz CT molecular complexity index is 740. The number of benzene rings is 2. The van der Waals surface area contributed by atoms with E-state index in [2.05, 4.69) is 30.1 Å². The van der Waals surface area contributed by atoms with E-state index in [4.69, 9.17) is 9.26 Å². The first-order chi connectivity index (χ1) is 10.2. The minimum Gasteiger partial charge on any atom is -0.497 e. The smallest absolute Gasteiger partial charge is 0.258 e. The minimum absolute atomic E-state index is 0.535. The molecule has 0 N–H and O–H groups in total. The molecule has 106 valence electrons. The van der Waals surface area contributed by atoms with Gasteiger partial charge < -0.3 is 9.26 Å². The molecule has 0 spiro atoms. The molecule has 0 amide bonds. The first-order valence-corrected chi connectivity index (χ1v) is 6.72. The zero-order chi connectivity index (χ0) is 14.8. The average Bonchev–Trinajstić information content (AvgIpc) is 2.96. The third-order valence-electron chi connectivity index (χ3n) is 3.24. The zero-order valence-electron chi connectivity index (χ0n) is 12.3. The molecule has 0 saturated heterocycles. The number of hydrogen-bond donors (Lipinski definition) is 0. The Morgan fingerprint density at radius 1 is 0.905 bits per heavy atom. The molecule has 0 aliphatic rings. The van der Waals surface area contributed by atoms with Crippen LogP contribution in [-0.4, -0.2) is 17.3 Å². The van der Waals surface area contributed by atoms with Crippen LogP contribution in [0.15, 0.2) is 47.0 Å². The van der Waals surface area contributed by atoms with Crippen LogP contribution in [-0.2, 0) is 0 Å². The van der Waals surface area contributed by atoms with Crippen LogP contribution >= 0.6 is 0 Å². The monoisotopic (exact) mass is 280 g/mol. The lowest BCUT2D eigenvalue weighted by Gasteiger charge is -2.00. The average molecular weight is 280 g/mol. The second-order valence-corrected chi connectivity index (χ2v) is 5.03. The predicted molar refractivity (Wildman–Crippen MR) is 81.2 cm³/mol. The van der Waals surface area contributed by atoms with Gasteiger partial charge in [0.25, 0.3) is 5.89 Å². The summed E-state index contributed by atoms with van der Waals surface area (Å²) in [5, 5.41) is 4.05. The molecule has 4 nitrogen and oxygen atoms in total. The van der Waals surface area contributed by atoms with E-state index in [1.165, 1.54) is 11.1 Å². The Kier molecular flexibility index (Phi) is 3.44. The van der Waals surface area contributed by atoms with E-state index in [9.17, 15) is 0 Å². The Balaban J connectivity index is 1.95. The fraction of sp³-hybridized carbons (Fsp3) is 0.176. The molecule has 0 aliphatic heterocycles. The molecule has 1 aromatic heterocycles. The molecule has 21 heavy (non-hydrogen) atoms. The van der Waals surface area contributed by atoms with Crippen molar-refractivity contribution in [1.82, 2.24) is 10.1 Å². The van der Waals surface area contributed by atoms with Crippen LogP contribution in [0.2, 0.25) is 0 Å². The van der Waals surface area contributed by atoms with Crippen LogP contribution < -0.4 is 4.74 Å². The number of aryl methyl sites for hydroxylation is 2. The maximum Gasteiger partial charge on any atom is 0.258 e. The summed E-state index contributed by atoms with van der Waals surface area (Å²) < 4.78 is 10.5. The highest BCUT2D eigenvalue weighted by atomic mass is 16.5. The Morgan fingerprint density at radius 3 is 2.19 bits per heavy atom. The lowest BCUT2D eigenvalue weighted by atomic mass is 10.1. The third kappa shape index (κ3) is 2.79. The Hall–Kier alpha value is -2.62.